The van der Waals surface area contributed by atoms with Gasteiger partial charge in [-0.05, 0) is 23.5 Å². The lowest BCUT2D eigenvalue weighted by atomic mass is 9.94. The van der Waals surface area contributed by atoms with Gasteiger partial charge in [-0.2, -0.15) is 0 Å². The summed E-state index contributed by atoms with van der Waals surface area (Å²) < 4.78 is 0. The molecule has 0 bridgehead atoms. The fourth-order valence-electron chi connectivity index (χ4n) is 2.00. The van der Waals surface area contributed by atoms with Gasteiger partial charge in [-0.15, -0.1) is 0 Å². The lowest BCUT2D eigenvalue weighted by molar-refractivity contribution is 0.580. The van der Waals surface area contributed by atoms with Crippen LogP contribution in [0.1, 0.15) is 63.0 Å². The summed E-state index contributed by atoms with van der Waals surface area (Å²) >= 11 is 0. The Morgan fingerprint density at radius 2 is 1.81 bits per heavy atom. The molecule has 1 aromatic rings. The molecule has 0 fully saturated rings. The molecule has 0 N–H and O–H groups in total. The van der Waals surface area contributed by atoms with Crippen molar-refractivity contribution >= 4 is 6.08 Å². The summed E-state index contributed by atoms with van der Waals surface area (Å²) in [6.45, 7) is 8.37. The van der Waals surface area contributed by atoms with E-state index in [1.54, 1.807) is 0 Å². The van der Waals surface area contributed by atoms with Crippen LogP contribution in [-0.4, -0.2) is 0 Å². The molecule has 0 aliphatic rings. The largest absolute Gasteiger partial charge is 0.0985 e. The molecule has 0 nitrogen and oxygen atoms in total. The van der Waals surface area contributed by atoms with Gasteiger partial charge in [-0.1, -0.05) is 76.5 Å². The molecule has 0 spiro atoms. The third-order valence-electron chi connectivity index (χ3n) is 3.23. The lowest BCUT2D eigenvalue weighted by Gasteiger charge is -2.11. The van der Waals surface area contributed by atoms with Crippen molar-refractivity contribution < 1.29 is 0 Å². The van der Waals surface area contributed by atoms with Crippen LogP contribution in [0.5, 0.6) is 0 Å². The third kappa shape index (κ3) is 4.22. The highest BCUT2D eigenvalue weighted by molar-refractivity contribution is 5.47. The number of hydrogen-bond acceptors (Lipinski definition) is 0. The summed E-state index contributed by atoms with van der Waals surface area (Å²) in [6, 6.07) is 8.79. The first kappa shape index (κ1) is 13.0. The molecular formula is C16H24. The molecule has 1 unspecified atom stereocenters. The molecule has 1 aromatic carbocycles. The topological polar surface area (TPSA) is 0 Å². The minimum absolute atomic E-state index is 0.690. The van der Waals surface area contributed by atoms with Gasteiger partial charge in [0.1, 0.15) is 0 Å². The number of rotatable bonds is 7. The molecule has 0 heterocycles. The highest BCUT2D eigenvalue weighted by Gasteiger charge is 2.04. The van der Waals surface area contributed by atoms with Crippen molar-refractivity contribution in [2.75, 3.05) is 0 Å². The van der Waals surface area contributed by atoms with Crippen LogP contribution in [0, 0.1) is 0 Å². The average molecular weight is 216 g/mol. The molecule has 0 aliphatic heterocycles. The van der Waals surface area contributed by atoms with Gasteiger partial charge in [0.2, 0.25) is 0 Å². The Bertz CT molecular complexity index is 294. The quantitative estimate of drug-likeness (QED) is 0.535. The summed E-state index contributed by atoms with van der Waals surface area (Å²) in [5.41, 5.74) is 2.67. The van der Waals surface area contributed by atoms with E-state index in [0.717, 1.165) is 0 Å². The van der Waals surface area contributed by atoms with E-state index in [4.69, 9.17) is 0 Å². The monoisotopic (exact) mass is 216 g/mol. The van der Waals surface area contributed by atoms with E-state index in [1.165, 1.54) is 43.2 Å². The Morgan fingerprint density at radius 1 is 1.12 bits per heavy atom. The minimum Gasteiger partial charge on any atom is -0.0985 e. The summed E-state index contributed by atoms with van der Waals surface area (Å²) in [7, 11) is 0. The van der Waals surface area contributed by atoms with Gasteiger partial charge >= 0.3 is 0 Å². The second-order valence-corrected chi connectivity index (χ2v) is 4.62. The maximum Gasteiger partial charge on any atom is -0.0190 e. The third-order valence-corrected chi connectivity index (χ3v) is 3.23. The molecule has 0 aliphatic carbocycles. The van der Waals surface area contributed by atoms with E-state index in [1.807, 2.05) is 6.08 Å². The first-order valence-electron chi connectivity index (χ1n) is 6.50. The SMILES string of the molecule is C=Cc1ccc(C(C)CCCCCC)cc1. The molecule has 0 saturated carbocycles. The molecule has 1 atom stereocenters. The van der Waals surface area contributed by atoms with Gasteiger partial charge < -0.3 is 0 Å². The summed E-state index contributed by atoms with van der Waals surface area (Å²) in [6.07, 6.45) is 8.65. The summed E-state index contributed by atoms with van der Waals surface area (Å²) in [4.78, 5) is 0. The van der Waals surface area contributed by atoms with Crippen LogP contribution in [-0.2, 0) is 0 Å². The van der Waals surface area contributed by atoms with E-state index in [-0.39, 0.29) is 0 Å². The fraction of sp³-hybridized carbons (Fsp3) is 0.500. The minimum atomic E-state index is 0.690. The number of unbranched alkanes of at least 4 members (excludes halogenated alkanes) is 3. The molecule has 88 valence electrons. The maximum atomic E-state index is 3.78. The molecular weight excluding hydrogens is 192 g/mol. The number of hydrogen-bond donors (Lipinski definition) is 0. The van der Waals surface area contributed by atoms with Crippen LogP contribution in [0.2, 0.25) is 0 Å². The lowest BCUT2D eigenvalue weighted by Crippen LogP contribution is -1.93. The first-order valence-corrected chi connectivity index (χ1v) is 6.50. The normalized spacial score (nSPS) is 12.4. The van der Waals surface area contributed by atoms with Crippen LogP contribution in [0.25, 0.3) is 6.08 Å². The van der Waals surface area contributed by atoms with Gasteiger partial charge in [0.25, 0.3) is 0 Å². The Balaban J connectivity index is 2.39. The Labute approximate surface area is 100 Å². The number of benzene rings is 1. The standard InChI is InChI=1S/C16H24/c1-4-6-7-8-9-14(3)16-12-10-15(5-2)11-13-16/h5,10-14H,2,4,6-9H2,1,3H3. The van der Waals surface area contributed by atoms with Crippen molar-refractivity contribution in [3.63, 3.8) is 0 Å². The highest BCUT2D eigenvalue weighted by atomic mass is 14.1. The van der Waals surface area contributed by atoms with Gasteiger partial charge in [-0.3, -0.25) is 0 Å². The van der Waals surface area contributed by atoms with Crippen molar-refractivity contribution in [3.8, 4) is 0 Å². The zero-order valence-corrected chi connectivity index (χ0v) is 10.7. The molecule has 0 amide bonds. The molecule has 0 saturated heterocycles. The zero-order chi connectivity index (χ0) is 11.8. The van der Waals surface area contributed by atoms with E-state index in [0.29, 0.717) is 5.92 Å². The first-order chi connectivity index (χ1) is 7.77. The summed E-state index contributed by atoms with van der Waals surface area (Å²) in [5, 5.41) is 0. The second kappa shape index (κ2) is 7.27. The van der Waals surface area contributed by atoms with E-state index in [2.05, 4.69) is 44.7 Å². The van der Waals surface area contributed by atoms with Crippen LogP contribution in [0.4, 0.5) is 0 Å². The van der Waals surface area contributed by atoms with Crippen LogP contribution < -0.4 is 0 Å². The summed E-state index contributed by atoms with van der Waals surface area (Å²) in [5.74, 6) is 0.690. The van der Waals surface area contributed by atoms with Gasteiger partial charge in [0.05, 0.1) is 0 Å². The Kier molecular flexibility index (Phi) is 5.92. The highest BCUT2D eigenvalue weighted by Crippen LogP contribution is 2.22. The predicted molar refractivity (Wildman–Crippen MR) is 73.7 cm³/mol. The zero-order valence-electron chi connectivity index (χ0n) is 10.7. The molecule has 0 radical (unpaired) electrons. The molecule has 0 aromatic heterocycles. The maximum absolute atomic E-state index is 3.78. The predicted octanol–water partition coefficient (Wildman–Crippen LogP) is 5.40. The molecule has 1 rings (SSSR count). The smallest absolute Gasteiger partial charge is 0.0190 e. The van der Waals surface area contributed by atoms with Crippen molar-refractivity contribution in [3.05, 3.63) is 42.0 Å². The van der Waals surface area contributed by atoms with Crippen LogP contribution in [0.15, 0.2) is 30.8 Å². The van der Waals surface area contributed by atoms with Crippen molar-refractivity contribution in [2.24, 2.45) is 0 Å². The van der Waals surface area contributed by atoms with Crippen LogP contribution in [0.3, 0.4) is 0 Å². The van der Waals surface area contributed by atoms with Crippen molar-refractivity contribution in [1.29, 1.82) is 0 Å². The Morgan fingerprint density at radius 3 is 2.38 bits per heavy atom. The van der Waals surface area contributed by atoms with E-state index >= 15 is 0 Å². The fourth-order valence-corrected chi connectivity index (χ4v) is 2.00. The van der Waals surface area contributed by atoms with Crippen LogP contribution >= 0.6 is 0 Å². The van der Waals surface area contributed by atoms with Crippen molar-refractivity contribution in [2.45, 2.75) is 51.9 Å². The van der Waals surface area contributed by atoms with Gasteiger partial charge in [0, 0.05) is 0 Å². The van der Waals surface area contributed by atoms with Crippen molar-refractivity contribution in [1.82, 2.24) is 0 Å². The van der Waals surface area contributed by atoms with Gasteiger partial charge in [-0.25, -0.2) is 0 Å². The average Bonchev–Trinajstić information content (AvgIpc) is 2.34. The molecule has 16 heavy (non-hydrogen) atoms. The van der Waals surface area contributed by atoms with Gasteiger partial charge in [0.15, 0.2) is 0 Å². The van der Waals surface area contributed by atoms with E-state index in [9.17, 15) is 0 Å². The molecule has 0 heteroatoms. The second-order valence-electron chi connectivity index (χ2n) is 4.62. The van der Waals surface area contributed by atoms with E-state index < -0.39 is 0 Å². The Hall–Kier alpha value is -1.04.